The van der Waals surface area contributed by atoms with Crippen LogP contribution >= 0.6 is 0 Å². The Hall–Kier alpha value is -3.04. The Labute approximate surface area is 185 Å². The number of aryl methyl sites for hydroxylation is 1. The number of carbonyl (C=O) groups is 1. The number of amides is 1. The first-order valence-corrected chi connectivity index (χ1v) is 11.0. The van der Waals surface area contributed by atoms with E-state index in [0.29, 0.717) is 26.1 Å². The molecule has 5 rings (SSSR count). The SMILES string of the molecule is Cc1nc2c(c(N3CCC3)n1)C(C)N(C(=O)CC1CN(c3ccnc(OC(F)F)c3)C1)C2. The van der Waals surface area contributed by atoms with Gasteiger partial charge in [0.05, 0.1) is 18.3 Å². The van der Waals surface area contributed by atoms with E-state index in [1.165, 1.54) is 18.7 Å². The molecule has 5 heterocycles. The van der Waals surface area contributed by atoms with Crippen LogP contribution in [0.4, 0.5) is 20.3 Å². The Morgan fingerprint density at radius 1 is 1.25 bits per heavy atom. The maximum atomic E-state index is 13.1. The molecule has 0 aliphatic carbocycles. The molecule has 2 saturated heterocycles. The van der Waals surface area contributed by atoms with Crippen LogP contribution in [0.5, 0.6) is 5.88 Å². The summed E-state index contributed by atoms with van der Waals surface area (Å²) in [6, 6.07) is 3.22. The van der Waals surface area contributed by atoms with Crippen LogP contribution in [0.3, 0.4) is 0 Å². The lowest BCUT2D eigenvalue weighted by molar-refractivity contribution is -0.134. The second-order valence-electron chi connectivity index (χ2n) is 8.70. The molecule has 32 heavy (non-hydrogen) atoms. The Morgan fingerprint density at radius 2 is 2.03 bits per heavy atom. The van der Waals surface area contributed by atoms with Gasteiger partial charge < -0.3 is 19.4 Å². The van der Waals surface area contributed by atoms with E-state index >= 15 is 0 Å². The second-order valence-corrected chi connectivity index (χ2v) is 8.70. The highest BCUT2D eigenvalue weighted by molar-refractivity contribution is 5.79. The molecule has 1 unspecified atom stereocenters. The molecule has 0 aromatic carbocycles. The molecule has 2 aromatic heterocycles. The van der Waals surface area contributed by atoms with Crippen molar-refractivity contribution in [3.8, 4) is 5.88 Å². The summed E-state index contributed by atoms with van der Waals surface area (Å²) < 4.78 is 29.2. The number of hydrogen-bond acceptors (Lipinski definition) is 7. The minimum Gasteiger partial charge on any atom is -0.417 e. The van der Waals surface area contributed by atoms with E-state index in [9.17, 15) is 13.6 Å². The molecule has 3 aliphatic rings. The van der Waals surface area contributed by atoms with Gasteiger partial charge in [-0.15, -0.1) is 0 Å². The number of ether oxygens (including phenoxy) is 1. The number of nitrogens with zero attached hydrogens (tertiary/aromatic N) is 6. The molecule has 0 saturated carbocycles. The molecular weight excluding hydrogens is 418 g/mol. The first-order valence-electron chi connectivity index (χ1n) is 11.0. The van der Waals surface area contributed by atoms with Crippen molar-refractivity contribution in [3.05, 3.63) is 35.4 Å². The summed E-state index contributed by atoms with van der Waals surface area (Å²) in [5, 5.41) is 0. The highest BCUT2D eigenvalue weighted by Crippen LogP contribution is 2.40. The fourth-order valence-corrected chi connectivity index (χ4v) is 4.72. The zero-order valence-corrected chi connectivity index (χ0v) is 18.2. The molecule has 8 nitrogen and oxygen atoms in total. The molecule has 2 aromatic rings. The van der Waals surface area contributed by atoms with Gasteiger partial charge in [0.15, 0.2) is 0 Å². The van der Waals surface area contributed by atoms with Gasteiger partial charge in [-0.1, -0.05) is 0 Å². The normalized spacial score (nSPS) is 20.3. The van der Waals surface area contributed by atoms with Crippen molar-refractivity contribution in [2.24, 2.45) is 5.92 Å². The number of fused-ring (bicyclic) bond motifs is 1. The fourth-order valence-electron chi connectivity index (χ4n) is 4.72. The van der Waals surface area contributed by atoms with E-state index in [4.69, 9.17) is 0 Å². The van der Waals surface area contributed by atoms with Crippen LogP contribution in [0.1, 0.15) is 42.9 Å². The van der Waals surface area contributed by atoms with Crippen LogP contribution < -0.4 is 14.5 Å². The standard InChI is InChI=1S/C22H26F2N6O2/c1-13-20-17(26-14(2)27-21(20)28-6-3-7-28)12-30(13)19(31)8-15-10-29(11-15)16-4-5-25-18(9-16)32-22(23)24/h4-5,9,13,15,22H,3,6-8,10-12H2,1-2H3. The topological polar surface area (TPSA) is 74.7 Å². The number of rotatable bonds is 6. The Balaban J connectivity index is 1.21. The van der Waals surface area contributed by atoms with Crippen LogP contribution in [0, 0.1) is 12.8 Å². The van der Waals surface area contributed by atoms with E-state index in [0.717, 1.165) is 41.7 Å². The number of hydrogen-bond donors (Lipinski definition) is 0. The van der Waals surface area contributed by atoms with Gasteiger partial charge in [-0.2, -0.15) is 8.78 Å². The van der Waals surface area contributed by atoms with E-state index < -0.39 is 6.61 Å². The summed E-state index contributed by atoms with van der Waals surface area (Å²) in [7, 11) is 0. The third kappa shape index (κ3) is 3.82. The summed E-state index contributed by atoms with van der Waals surface area (Å²) in [6.45, 7) is 4.96. The van der Waals surface area contributed by atoms with Gasteiger partial charge in [0.25, 0.3) is 0 Å². The van der Waals surface area contributed by atoms with E-state index in [1.54, 1.807) is 6.07 Å². The van der Waals surface area contributed by atoms with Crippen molar-refractivity contribution in [1.29, 1.82) is 0 Å². The summed E-state index contributed by atoms with van der Waals surface area (Å²) in [5.74, 6) is 1.96. The largest absolute Gasteiger partial charge is 0.417 e. The lowest BCUT2D eigenvalue weighted by atomic mass is 9.94. The van der Waals surface area contributed by atoms with Gasteiger partial charge in [0.1, 0.15) is 11.6 Å². The maximum Gasteiger partial charge on any atom is 0.388 e. The van der Waals surface area contributed by atoms with Crippen LogP contribution in [-0.2, 0) is 11.3 Å². The predicted molar refractivity (Wildman–Crippen MR) is 114 cm³/mol. The van der Waals surface area contributed by atoms with Gasteiger partial charge in [-0.05, 0) is 26.3 Å². The molecule has 10 heteroatoms. The smallest absolute Gasteiger partial charge is 0.388 e. The van der Waals surface area contributed by atoms with Crippen molar-refractivity contribution in [1.82, 2.24) is 19.9 Å². The van der Waals surface area contributed by atoms with Gasteiger partial charge in [0.2, 0.25) is 11.8 Å². The zero-order chi connectivity index (χ0) is 22.4. The minimum absolute atomic E-state index is 0.0425. The van der Waals surface area contributed by atoms with Gasteiger partial charge in [0, 0.05) is 62.0 Å². The number of anilines is 2. The predicted octanol–water partition coefficient (Wildman–Crippen LogP) is 2.92. The second kappa shape index (κ2) is 8.14. The Bertz CT molecular complexity index is 1030. The Kier molecular flexibility index (Phi) is 5.30. The van der Waals surface area contributed by atoms with Crippen molar-refractivity contribution in [2.75, 3.05) is 36.0 Å². The molecule has 3 aliphatic heterocycles. The molecule has 2 fully saturated rings. The summed E-state index contributed by atoms with van der Waals surface area (Å²) in [6.07, 6.45) is 3.07. The maximum absolute atomic E-state index is 13.1. The molecular formula is C22H26F2N6O2. The minimum atomic E-state index is -2.90. The van der Waals surface area contributed by atoms with Crippen molar-refractivity contribution >= 4 is 17.4 Å². The average molecular weight is 444 g/mol. The highest BCUT2D eigenvalue weighted by atomic mass is 19.3. The van der Waals surface area contributed by atoms with Gasteiger partial charge >= 0.3 is 6.61 Å². The first-order chi connectivity index (χ1) is 15.4. The van der Waals surface area contributed by atoms with E-state index in [2.05, 4.69) is 31.5 Å². The molecule has 1 atom stereocenters. The molecule has 0 spiro atoms. The van der Waals surface area contributed by atoms with Crippen LogP contribution in [0.15, 0.2) is 18.3 Å². The monoisotopic (exact) mass is 444 g/mol. The van der Waals surface area contributed by atoms with Crippen LogP contribution in [0.2, 0.25) is 0 Å². The third-order valence-corrected chi connectivity index (χ3v) is 6.51. The average Bonchev–Trinajstić information content (AvgIpc) is 2.99. The summed E-state index contributed by atoms with van der Waals surface area (Å²) in [5.41, 5.74) is 2.81. The molecule has 0 bridgehead atoms. The number of alkyl halides is 2. The number of carbonyl (C=O) groups excluding carboxylic acids is 1. The van der Waals surface area contributed by atoms with Crippen molar-refractivity contribution in [3.63, 3.8) is 0 Å². The van der Waals surface area contributed by atoms with Gasteiger partial charge in [-0.25, -0.2) is 15.0 Å². The lowest BCUT2D eigenvalue weighted by Gasteiger charge is -2.41. The first kappa shape index (κ1) is 20.8. The van der Waals surface area contributed by atoms with Gasteiger partial charge in [-0.3, -0.25) is 4.79 Å². The van der Waals surface area contributed by atoms with Crippen LogP contribution in [-0.4, -0.2) is 58.5 Å². The van der Waals surface area contributed by atoms with E-state index in [1.807, 2.05) is 16.7 Å². The number of aromatic nitrogens is 3. The molecule has 0 N–H and O–H groups in total. The zero-order valence-electron chi connectivity index (χ0n) is 18.2. The summed E-state index contributed by atoms with van der Waals surface area (Å²) in [4.78, 5) is 32.4. The molecule has 1 amide bonds. The van der Waals surface area contributed by atoms with Crippen molar-refractivity contribution < 1.29 is 18.3 Å². The Morgan fingerprint density at radius 3 is 2.72 bits per heavy atom. The quantitative estimate of drug-likeness (QED) is 0.678. The molecule has 170 valence electrons. The summed E-state index contributed by atoms with van der Waals surface area (Å²) >= 11 is 0. The highest BCUT2D eigenvalue weighted by Gasteiger charge is 2.38. The fraction of sp³-hybridized carbons (Fsp3) is 0.545. The van der Waals surface area contributed by atoms with Crippen molar-refractivity contribution in [2.45, 2.75) is 45.9 Å². The third-order valence-electron chi connectivity index (χ3n) is 6.51. The lowest BCUT2D eigenvalue weighted by Crippen LogP contribution is -2.48. The number of halogens is 2. The van der Waals surface area contributed by atoms with E-state index in [-0.39, 0.29) is 23.7 Å². The number of pyridine rings is 1. The van der Waals surface area contributed by atoms with Crippen LogP contribution in [0.25, 0.3) is 0 Å². The molecule has 0 radical (unpaired) electrons.